The normalized spacial score (nSPS) is 17.5. The van der Waals surface area contributed by atoms with E-state index >= 15 is 0 Å². The van der Waals surface area contributed by atoms with Crippen LogP contribution in [0.15, 0.2) is 0 Å². The van der Waals surface area contributed by atoms with Crippen LogP contribution in [0.5, 0.6) is 0 Å². The maximum atomic E-state index is 12.1. The van der Waals surface area contributed by atoms with Gasteiger partial charge in [0, 0.05) is 19.1 Å². The lowest BCUT2D eigenvalue weighted by atomic mass is 10.1. The molecule has 0 aromatic carbocycles. The van der Waals surface area contributed by atoms with Crippen molar-refractivity contribution < 1.29 is 24.5 Å². The monoisotopic (exact) mass is 302 g/mol. The molecule has 1 atom stereocenters. The largest absolute Gasteiger partial charge is 0.481 e. The average molecular weight is 302 g/mol. The third-order valence-electron chi connectivity index (χ3n) is 3.56. The number of carboxylic acids is 1. The van der Waals surface area contributed by atoms with Crippen molar-refractivity contribution >= 4 is 12.0 Å². The Hall–Kier alpha value is -1.34. The van der Waals surface area contributed by atoms with Gasteiger partial charge in [-0.1, -0.05) is 13.3 Å². The zero-order valence-electron chi connectivity index (χ0n) is 12.6. The molecule has 0 bridgehead atoms. The summed E-state index contributed by atoms with van der Waals surface area (Å²) in [6, 6.07) is -0.515. The second kappa shape index (κ2) is 9.57. The highest BCUT2D eigenvalue weighted by atomic mass is 16.5. The molecule has 0 aromatic heterocycles. The van der Waals surface area contributed by atoms with Crippen molar-refractivity contribution in [1.82, 2.24) is 10.2 Å². The van der Waals surface area contributed by atoms with Gasteiger partial charge in [-0.2, -0.15) is 0 Å². The summed E-state index contributed by atoms with van der Waals surface area (Å²) in [6.45, 7) is 3.48. The molecule has 1 heterocycles. The third kappa shape index (κ3) is 6.77. The van der Waals surface area contributed by atoms with Gasteiger partial charge in [-0.25, -0.2) is 4.79 Å². The van der Waals surface area contributed by atoms with E-state index in [4.69, 9.17) is 14.9 Å². The summed E-state index contributed by atoms with van der Waals surface area (Å²) in [5.74, 6) is -0.898. The molecule has 2 amide bonds. The molecule has 7 heteroatoms. The number of aliphatic hydroxyl groups excluding tert-OH is 1. The fourth-order valence-electron chi connectivity index (χ4n) is 2.50. The first-order chi connectivity index (χ1) is 10.1. The molecule has 7 nitrogen and oxygen atoms in total. The summed E-state index contributed by atoms with van der Waals surface area (Å²) in [6.07, 6.45) is 3.01. The van der Waals surface area contributed by atoms with E-state index in [1.165, 1.54) is 0 Å². The van der Waals surface area contributed by atoms with E-state index in [-0.39, 0.29) is 31.2 Å². The predicted octanol–water partition coefficient (Wildman–Crippen LogP) is 0.813. The highest BCUT2D eigenvalue weighted by molar-refractivity contribution is 5.76. The number of urea groups is 1. The van der Waals surface area contributed by atoms with E-state index in [1.807, 2.05) is 6.92 Å². The lowest BCUT2D eigenvalue weighted by Gasteiger charge is -2.33. The summed E-state index contributed by atoms with van der Waals surface area (Å²) >= 11 is 0. The zero-order chi connectivity index (χ0) is 15.7. The van der Waals surface area contributed by atoms with Crippen LogP contribution in [0.2, 0.25) is 0 Å². The summed E-state index contributed by atoms with van der Waals surface area (Å²) < 4.78 is 5.45. The van der Waals surface area contributed by atoms with Gasteiger partial charge >= 0.3 is 12.0 Å². The van der Waals surface area contributed by atoms with E-state index in [0.717, 1.165) is 19.3 Å². The molecule has 1 rings (SSSR count). The smallest absolute Gasteiger partial charge is 0.317 e. The van der Waals surface area contributed by atoms with Crippen molar-refractivity contribution in [2.45, 2.75) is 51.2 Å². The molecule has 0 saturated carbocycles. The van der Waals surface area contributed by atoms with Crippen LogP contribution in [0.25, 0.3) is 0 Å². The Morgan fingerprint density at radius 3 is 2.57 bits per heavy atom. The number of aliphatic carboxylic acids is 1. The van der Waals surface area contributed by atoms with Gasteiger partial charge in [0.15, 0.2) is 0 Å². The number of ether oxygens (including phenoxy) is 1. The number of carbonyl (C=O) groups is 2. The standard InChI is InChI=1S/C14H26N2O5/c1-2-3-11(10-13(18)19)15-14(20)16-6-4-12(5-7-16)21-9-8-17/h11-12,17H,2-10H2,1H3,(H,15,20)(H,18,19). The van der Waals surface area contributed by atoms with Crippen LogP contribution in [0.3, 0.4) is 0 Å². The summed E-state index contributed by atoms with van der Waals surface area (Å²) in [7, 11) is 0. The lowest BCUT2D eigenvalue weighted by molar-refractivity contribution is -0.137. The van der Waals surface area contributed by atoms with Crippen molar-refractivity contribution in [2.75, 3.05) is 26.3 Å². The van der Waals surface area contributed by atoms with Crippen LogP contribution in [0.1, 0.15) is 39.0 Å². The Morgan fingerprint density at radius 2 is 2.05 bits per heavy atom. The summed E-state index contributed by atoms with van der Waals surface area (Å²) in [4.78, 5) is 24.6. The van der Waals surface area contributed by atoms with Crippen LogP contribution in [-0.2, 0) is 9.53 Å². The van der Waals surface area contributed by atoms with Crippen molar-refractivity contribution in [2.24, 2.45) is 0 Å². The number of nitrogens with one attached hydrogen (secondary N) is 1. The first kappa shape index (κ1) is 17.7. The molecule has 1 aliphatic heterocycles. The van der Waals surface area contributed by atoms with E-state index in [2.05, 4.69) is 5.32 Å². The Kier molecular flexibility index (Phi) is 8.07. The van der Waals surface area contributed by atoms with Gasteiger partial charge in [0.05, 0.1) is 25.7 Å². The number of aliphatic hydroxyl groups is 1. The molecule has 0 radical (unpaired) electrons. The molecular formula is C14H26N2O5. The molecule has 0 spiro atoms. The number of rotatable bonds is 8. The van der Waals surface area contributed by atoms with Gasteiger partial charge in [-0.05, 0) is 19.3 Å². The number of nitrogens with zero attached hydrogens (tertiary/aromatic N) is 1. The Labute approximate surface area is 125 Å². The number of likely N-dealkylation sites (tertiary alicyclic amines) is 1. The van der Waals surface area contributed by atoms with Gasteiger partial charge in [-0.3, -0.25) is 4.79 Å². The van der Waals surface area contributed by atoms with Crippen LogP contribution >= 0.6 is 0 Å². The van der Waals surface area contributed by atoms with E-state index in [0.29, 0.717) is 26.1 Å². The highest BCUT2D eigenvalue weighted by Crippen LogP contribution is 2.14. The number of piperidine rings is 1. The third-order valence-corrected chi connectivity index (χ3v) is 3.56. The van der Waals surface area contributed by atoms with Crippen molar-refractivity contribution in [3.63, 3.8) is 0 Å². The summed E-state index contributed by atoms with van der Waals surface area (Å²) in [5.41, 5.74) is 0. The number of carbonyl (C=O) groups excluding carboxylic acids is 1. The summed E-state index contributed by atoms with van der Waals surface area (Å²) in [5, 5.41) is 20.4. The van der Waals surface area contributed by atoms with Gasteiger partial charge in [-0.15, -0.1) is 0 Å². The number of hydrogen-bond acceptors (Lipinski definition) is 4. The number of carboxylic acid groups (broad SMARTS) is 1. The Balaban J connectivity index is 2.36. The van der Waals surface area contributed by atoms with Crippen LogP contribution in [0.4, 0.5) is 4.79 Å². The van der Waals surface area contributed by atoms with Crippen LogP contribution in [0, 0.1) is 0 Å². The first-order valence-electron chi connectivity index (χ1n) is 7.56. The van der Waals surface area contributed by atoms with E-state index in [9.17, 15) is 9.59 Å². The van der Waals surface area contributed by atoms with Crippen molar-refractivity contribution in [1.29, 1.82) is 0 Å². The van der Waals surface area contributed by atoms with Crippen molar-refractivity contribution in [3.05, 3.63) is 0 Å². The maximum absolute atomic E-state index is 12.1. The average Bonchev–Trinajstić information content (AvgIpc) is 2.45. The molecular weight excluding hydrogens is 276 g/mol. The minimum Gasteiger partial charge on any atom is -0.481 e. The highest BCUT2D eigenvalue weighted by Gasteiger charge is 2.25. The van der Waals surface area contributed by atoms with Gasteiger partial charge in [0.1, 0.15) is 0 Å². The fraction of sp³-hybridized carbons (Fsp3) is 0.857. The molecule has 0 aliphatic carbocycles. The van der Waals surface area contributed by atoms with Crippen LogP contribution in [-0.4, -0.2) is 65.6 Å². The second-order valence-electron chi connectivity index (χ2n) is 5.31. The predicted molar refractivity (Wildman–Crippen MR) is 77.1 cm³/mol. The Morgan fingerprint density at radius 1 is 1.38 bits per heavy atom. The SMILES string of the molecule is CCCC(CC(=O)O)NC(=O)N1CCC(OCCO)CC1. The minimum absolute atomic E-state index is 0.00852. The molecule has 1 fully saturated rings. The Bertz CT molecular complexity index is 329. The van der Waals surface area contributed by atoms with Crippen LogP contribution < -0.4 is 5.32 Å². The second-order valence-corrected chi connectivity index (χ2v) is 5.31. The zero-order valence-corrected chi connectivity index (χ0v) is 12.6. The van der Waals surface area contributed by atoms with E-state index in [1.54, 1.807) is 4.90 Å². The van der Waals surface area contributed by atoms with Gasteiger partial charge < -0.3 is 25.2 Å². The number of amides is 2. The molecule has 3 N–H and O–H groups in total. The topological polar surface area (TPSA) is 99.1 Å². The number of hydrogen-bond donors (Lipinski definition) is 3. The van der Waals surface area contributed by atoms with Gasteiger partial charge in [0.2, 0.25) is 0 Å². The quantitative estimate of drug-likeness (QED) is 0.616. The van der Waals surface area contributed by atoms with Crippen molar-refractivity contribution in [3.8, 4) is 0 Å². The molecule has 0 aromatic rings. The molecule has 1 aliphatic rings. The first-order valence-corrected chi connectivity index (χ1v) is 7.56. The lowest BCUT2D eigenvalue weighted by Crippen LogP contribution is -2.49. The maximum Gasteiger partial charge on any atom is 0.317 e. The fourth-order valence-corrected chi connectivity index (χ4v) is 2.50. The molecule has 1 saturated heterocycles. The molecule has 21 heavy (non-hydrogen) atoms. The van der Waals surface area contributed by atoms with E-state index < -0.39 is 5.97 Å². The van der Waals surface area contributed by atoms with Gasteiger partial charge in [0.25, 0.3) is 0 Å². The minimum atomic E-state index is -0.898. The molecule has 1 unspecified atom stereocenters. The molecule has 122 valence electrons.